The van der Waals surface area contributed by atoms with Crippen LogP contribution in [0, 0.1) is 5.41 Å². The summed E-state index contributed by atoms with van der Waals surface area (Å²) in [5.41, 5.74) is 28.1. The molecule has 0 saturated heterocycles. The summed E-state index contributed by atoms with van der Waals surface area (Å²) in [5, 5.41) is 0. The minimum Gasteiger partial charge on any atom is -0.332 e. The number of hydrogen-bond acceptors (Lipinski definition) is 16. The van der Waals surface area contributed by atoms with E-state index in [2.05, 4.69) is 4.90 Å². The zero-order chi connectivity index (χ0) is 87.5. The molecular weight excluding hydrogens is 1530 g/mol. The topological polar surface area (TPSA) is 327 Å². The second-order valence-corrected chi connectivity index (χ2v) is 32.8. The molecule has 0 aliphatic heterocycles. The summed E-state index contributed by atoms with van der Waals surface area (Å²) in [6.07, 6.45) is 3.71. The molecule has 0 bridgehead atoms. The van der Waals surface area contributed by atoms with E-state index in [0.717, 1.165) is 16.7 Å². The lowest BCUT2D eigenvalue weighted by molar-refractivity contribution is -0.150. The monoisotopic (exact) mass is 1660 g/mol. The van der Waals surface area contributed by atoms with Crippen LogP contribution < -0.4 is 22.9 Å². The van der Waals surface area contributed by atoms with Gasteiger partial charge in [0.05, 0.1) is 39.3 Å². The number of amides is 10. The Kier molecular flexibility index (Phi) is 41.1. The molecule has 7 aromatic carbocycles. The fourth-order valence-electron chi connectivity index (χ4n) is 13.5. The van der Waals surface area contributed by atoms with Crippen LogP contribution in [0.5, 0.6) is 0 Å². The van der Waals surface area contributed by atoms with Crippen LogP contribution >= 0.6 is 0 Å². The van der Waals surface area contributed by atoms with Gasteiger partial charge in [-0.15, -0.1) is 0 Å². The van der Waals surface area contributed by atoms with Crippen LogP contribution in [0.1, 0.15) is 132 Å². The van der Waals surface area contributed by atoms with Gasteiger partial charge in [0.15, 0.2) is 5.78 Å². The molecular formula is C95H129N15O11. The van der Waals surface area contributed by atoms with Gasteiger partial charge < -0.3 is 71.9 Å². The molecule has 7 rings (SSSR count). The normalized spacial score (nSPS) is 11.3. The van der Waals surface area contributed by atoms with Gasteiger partial charge in [-0.05, 0) is 137 Å². The van der Waals surface area contributed by atoms with Crippen LogP contribution in [0.4, 0.5) is 0 Å². The number of unbranched alkanes of at least 4 members (excludes halogenated alkanes) is 4. The van der Waals surface area contributed by atoms with Crippen LogP contribution in [-0.4, -0.2) is 249 Å². The third-order valence-corrected chi connectivity index (χ3v) is 21.0. The second kappa shape index (κ2) is 51.4. The minimum atomic E-state index is -0.777. The summed E-state index contributed by atoms with van der Waals surface area (Å²) in [6, 6.07) is 64.4. The quantitative estimate of drug-likeness (QED) is 0.0260. The van der Waals surface area contributed by atoms with E-state index in [1.807, 2.05) is 160 Å². The molecule has 26 nitrogen and oxygen atoms in total. The molecule has 650 valence electrons. The van der Waals surface area contributed by atoms with Gasteiger partial charge in [0.25, 0.3) is 0 Å². The van der Waals surface area contributed by atoms with Crippen molar-refractivity contribution in [2.24, 2.45) is 28.3 Å². The SMILES string of the molecule is CC(C)(C)C(=O)CN(Cc1ccccc1)C(=O)CN(Cc1ccccc1)C(=O)CN(CCCCN)C(=O)CN(Cc1ccccc1)C(=O)CN(CCCCN)C(=O)CN(Cc1ccccc1)C(=O)CN(Cc1ccccc1)C(=O)CN(CCCCN)C(=O)CN(Cc1ccccc1)C(=O)CN(CCCCN)C(=O)CN(Cc1ccccc1)C(C)(C)C. The Morgan fingerprint density at radius 2 is 0.380 bits per heavy atom. The van der Waals surface area contributed by atoms with Crippen molar-refractivity contribution in [2.75, 3.05) is 124 Å². The number of rotatable bonds is 52. The average molecular weight is 1660 g/mol. The molecule has 0 fully saturated rings. The van der Waals surface area contributed by atoms with Gasteiger partial charge in [-0.3, -0.25) is 57.6 Å². The summed E-state index contributed by atoms with van der Waals surface area (Å²) in [6.45, 7) is 8.65. The molecule has 0 aromatic heterocycles. The molecule has 0 aliphatic carbocycles. The van der Waals surface area contributed by atoms with Gasteiger partial charge in [0, 0.05) is 82.9 Å². The maximum atomic E-state index is 15.5. The number of Topliss-reactive ketones (excluding diaryl/α,β-unsaturated/α-hetero) is 1. The number of benzene rings is 7. The Morgan fingerprint density at radius 1 is 0.215 bits per heavy atom. The van der Waals surface area contributed by atoms with Crippen molar-refractivity contribution >= 4 is 64.9 Å². The first-order valence-corrected chi connectivity index (χ1v) is 42.3. The number of carbonyl (C=O) groups excluding carboxylic acids is 11. The molecule has 8 N–H and O–H groups in total. The zero-order valence-electron chi connectivity index (χ0n) is 72.0. The van der Waals surface area contributed by atoms with Crippen molar-refractivity contribution in [2.45, 2.75) is 144 Å². The van der Waals surface area contributed by atoms with E-state index in [-0.39, 0.29) is 116 Å². The van der Waals surface area contributed by atoms with Gasteiger partial charge in [-0.2, -0.15) is 0 Å². The largest absolute Gasteiger partial charge is 0.332 e. The molecule has 121 heavy (non-hydrogen) atoms. The molecule has 0 aliphatic rings. The summed E-state index contributed by atoms with van der Waals surface area (Å²) < 4.78 is 0. The fraction of sp³-hybridized carbons (Fsp3) is 0.442. The van der Waals surface area contributed by atoms with E-state index in [1.54, 1.807) is 93.6 Å². The highest BCUT2D eigenvalue weighted by atomic mass is 16.2. The lowest BCUT2D eigenvalue weighted by Gasteiger charge is -2.37. The van der Waals surface area contributed by atoms with Crippen LogP contribution in [0.15, 0.2) is 212 Å². The number of nitrogens with two attached hydrogens (primary N) is 4. The molecule has 0 atom stereocenters. The third-order valence-electron chi connectivity index (χ3n) is 21.0. The van der Waals surface area contributed by atoms with Crippen LogP contribution in [0.3, 0.4) is 0 Å². The molecule has 0 saturated carbocycles. The number of ketones is 1. The van der Waals surface area contributed by atoms with Crippen LogP contribution in [0.25, 0.3) is 0 Å². The lowest BCUT2D eigenvalue weighted by Crippen LogP contribution is -2.53. The number of nitrogens with zero attached hydrogens (tertiary/aromatic N) is 11. The maximum Gasteiger partial charge on any atom is 0.242 e. The molecule has 0 unspecified atom stereocenters. The van der Waals surface area contributed by atoms with E-state index in [4.69, 9.17) is 22.9 Å². The van der Waals surface area contributed by atoms with E-state index in [0.29, 0.717) is 86.7 Å². The molecule has 7 aromatic rings. The molecule has 26 heteroatoms. The molecule has 0 spiro atoms. The van der Waals surface area contributed by atoms with Crippen LogP contribution in [-0.2, 0) is 98.6 Å². The summed E-state index contributed by atoms with van der Waals surface area (Å²) in [7, 11) is 0. The van der Waals surface area contributed by atoms with Crippen molar-refractivity contribution in [1.82, 2.24) is 53.9 Å². The Labute approximate surface area is 716 Å². The van der Waals surface area contributed by atoms with Crippen molar-refractivity contribution in [1.29, 1.82) is 0 Å². The zero-order valence-corrected chi connectivity index (χ0v) is 72.0. The number of carbonyl (C=O) groups is 11. The smallest absolute Gasteiger partial charge is 0.242 e. The van der Waals surface area contributed by atoms with Gasteiger partial charge in [0.1, 0.15) is 32.7 Å². The number of hydrogen-bond donors (Lipinski definition) is 4. The van der Waals surface area contributed by atoms with E-state index in [9.17, 15) is 14.4 Å². The summed E-state index contributed by atoms with van der Waals surface area (Å²) in [5.74, 6) is -5.65. The first kappa shape index (κ1) is 96.8. The van der Waals surface area contributed by atoms with Gasteiger partial charge >= 0.3 is 0 Å². The van der Waals surface area contributed by atoms with Crippen molar-refractivity contribution in [3.05, 3.63) is 251 Å². The standard InChI is InChI=1S/C95H129N15O11/c1-94(2,3)83(111)65-104(58-76-36-14-7-15-37-76)91(119)73-108(62-80-44-22-11-23-45-80)88(116)67-101(55-33-29-51-97)84(112)70-105(59-77-38-16-8-17-39-77)87(115)66-100(54-32-28-50-96)86(114)72-107(61-79-42-20-10-21-43-79)92(120)74-109(63-81-46-24-12-25-47-81)89(117)68-102(56-34-30-52-98)85(113)71-106(60-78-40-18-9-19-41-78)90(118)69-103(57-35-31-53-99)93(121)75-110(95(4,5)6)64-82-48-26-13-27-49-82/h7-27,36-49H,28-35,50-75,96-99H2,1-6H3. The highest BCUT2D eigenvalue weighted by Crippen LogP contribution is 2.22. The van der Waals surface area contributed by atoms with Gasteiger partial charge in [-0.25, -0.2) is 0 Å². The molecule has 10 amide bonds. The Hall–Kier alpha value is -11.3. The summed E-state index contributed by atoms with van der Waals surface area (Å²) in [4.78, 5) is 181. The van der Waals surface area contributed by atoms with Gasteiger partial charge in [-0.1, -0.05) is 233 Å². The molecule has 0 radical (unpaired) electrons. The lowest BCUT2D eigenvalue weighted by atomic mass is 9.90. The Balaban J connectivity index is 1.16. The van der Waals surface area contributed by atoms with E-state index in [1.165, 1.54) is 49.0 Å². The Morgan fingerprint density at radius 3 is 0.562 bits per heavy atom. The predicted molar refractivity (Wildman–Crippen MR) is 472 cm³/mol. The second-order valence-electron chi connectivity index (χ2n) is 32.8. The minimum absolute atomic E-state index is 0.00152. The maximum absolute atomic E-state index is 15.5. The van der Waals surface area contributed by atoms with Crippen molar-refractivity contribution < 1.29 is 52.7 Å². The van der Waals surface area contributed by atoms with Crippen LogP contribution in [0.2, 0.25) is 0 Å². The van der Waals surface area contributed by atoms with E-state index >= 15 is 38.4 Å². The predicted octanol–water partition coefficient (Wildman–Crippen LogP) is 8.35. The van der Waals surface area contributed by atoms with Crippen molar-refractivity contribution in [3.8, 4) is 0 Å². The van der Waals surface area contributed by atoms with E-state index < -0.39 is 116 Å². The highest BCUT2D eigenvalue weighted by Gasteiger charge is 2.35. The van der Waals surface area contributed by atoms with Crippen molar-refractivity contribution in [3.63, 3.8) is 0 Å². The first-order valence-electron chi connectivity index (χ1n) is 42.3. The fourth-order valence-corrected chi connectivity index (χ4v) is 13.5. The molecule has 0 heterocycles. The Bertz CT molecular complexity index is 4330. The highest BCUT2D eigenvalue weighted by molar-refractivity contribution is 5.95. The third kappa shape index (κ3) is 34.8. The summed E-state index contributed by atoms with van der Waals surface area (Å²) >= 11 is 0. The average Bonchev–Trinajstić information content (AvgIpc) is 0.847. The van der Waals surface area contributed by atoms with Gasteiger partial charge in [0.2, 0.25) is 59.1 Å². The first-order chi connectivity index (χ1) is 58.1.